The molecule has 284 valence electrons. The second-order valence-corrected chi connectivity index (χ2v) is 16.2. The Bertz CT molecular complexity index is 500. The molecule has 0 N–H and O–H groups in total. The predicted molar refractivity (Wildman–Crippen MR) is 215 cm³/mol. The van der Waals surface area contributed by atoms with Gasteiger partial charge in [-0.2, -0.15) is 0 Å². The maximum absolute atomic E-state index is 12.8. The molecule has 0 aromatic carbocycles. The molecule has 0 aromatic heterocycles. The smallest absolute Gasteiger partial charge is 0.0781 e. The van der Waals surface area contributed by atoms with E-state index in [-0.39, 0.29) is 4.65 Å². The first kappa shape index (κ1) is 46.9. The van der Waals surface area contributed by atoms with Gasteiger partial charge in [-0.25, -0.2) is 0 Å². The van der Waals surface area contributed by atoms with E-state index < -0.39 is 0 Å². The van der Waals surface area contributed by atoms with Crippen LogP contribution in [0.4, 0.5) is 0 Å². The topological polar surface area (TPSA) is 23.1 Å². The number of unbranched alkanes of at least 4 members (excludes halogenated alkanes) is 38. The van der Waals surface area contributed by atoms with Gasteiger partial charge in [-0.15, -0.1) is 0 Å². The van der Waals surface area contributed by atoms with Gasteiger partial charge < -0.3 is 9.85 Å². The third kappa shape index (κ3) is 42.0. The molecule has 2 nitrogen and oxygen atoms in total. The molecule has 0 bridgehead atoms. The number of hydrogen-bond acceptors (Lipinski definition) is 1. The summed E-state index contributed by atoms with van der Waals surface area (Å²) in [4.78, 5) is 0. The van der Waals surface area contributed by atoms with Crippen LogP contribution in [0.25, 0.3) is 0 Å². The van der Waals surface area contributed by atoms with E-state index in [1.807, 2.05) is 7.05 Å². The lowest BCUT2D eigenvalue weighted by atomic mass is 10.0. The van der Waals surface area contributed by atoms with Crippen LogP contribution in [0.15, 0.2) is 0 Å². The van der Waals surface area contributed by atoms with Gasteiger partial charge in [0.05, 0.1) is 20.1 Å². The van der Waals surface area contributed by atoms with Crippen molar-refractivity contribution >= 4 is 0 Å². The van der Waals surface area contributed by atoms with Crippen LogP contribution in [0.2, 0.25) is 0 Å². The monoisotopic (exact) mass is 664 g/mol. The highest BCUT2D eigenvalue weighted by molar-refractivity contribution is 4.53. The Hall–Kier alpha value is -0.0800. The van der Waals surface area contributed by atoms with E-state index in [0.29, 0.717) is 0 Å². The van der Waals surface area contributed by atoms with Crippen molar-refractivity contribution in [2.75, 3.05) is 20.1 Å². The summed E-state index contributed by atoms with van der Waals surface area (Å²) in [5.41, 5.74) is 0. The van der Waals surface area contributed by atoms with Gasteiger partial charge in [0.25, 0.3) is 0 Å². The highest BCUT2D eigenvalue weighted by atomic mass is 16.5. The molecule has 0 atom stereocenters. The summed E-state index contributed by atoms with van der Waals surface area (Å²) >= 11 is 0. The van der Waals surface area contributed by atoms with Gasteiger partial charge >= 0.3 is 0 Å². The van der Waals surface area contributed by atoms with E-state index >= 15 is 0 Å². The number of quaternary nitrogens is 1. The summed E-state index contributed by atoms with van der Waals surface area (Å²) in [5, 5.41) is 12.8. The van der Waals surface area contributed by atoms with Crippen molar-refractivity contribution < 1.29 is 4.65 Å². The second-order valence-electron chi connectivity index (χ2n) is 16.2. The minimum Gasteiger partial charge on any atom is -0.633 e. The molecule has 0 saturated carbocycles. The Balaban J connectivity index is 3.24. The third-order valence-corrected chi connectivity index (χ3v) is 11.0. The van der Waals surface area contributed by atoms with Crippen LogP contribution in [0.3, 0.4) is 0 Å². The van der Waals surface area contributed by atoms with E-state index in [0.717, 1.165) is 25.9 Å². The van der Waals surface area contributed by atoms with Gasteiger partial charge in [-0.3, -0.25) is 0 Å². The lowest BCUT2D eigenvalue weighted by Crippen LogP contribution is -2.39. The normalized spacial score (nSPS) is 12.0. The first-order chi connectivity index (χ1) is 23.1. The maximum atomic E-state index is 12.8. The first-order valence-electron chi connectivity index (χ1n) is 22.7. The van der Waals surface area contributed by atoms with Crippen LogP contribution in [-0.4, -0.2) is 24.8 Å². The van der Waals surface area contributed by atoms with Crippen LogP contribution in [0.5, 0.6) is 0 Å². The average Bonchev–Trinajstić information content (AvgIpc) is 3.06. The van der Waals surface area contributed by atoms with Gasteiger partial charge in [0.1, 0.15) is 0 Å². The molecule has 0 aliphatic rings. The van der Waals surface area contributed by atoms with E-state index in [2.05, 4.69) is 13.8 Å². The number of nitrogens with zero attached hydrogens (tertiary/aromatic N) is 1. The van der Waals surface area contributed by atoms with Gasteiger partial charge in [-0.1, -0.05) is 245 Å². The number of hydrogen-bond donors (Lipinski definition) is 0. The van der Waals surface area contributed by atoms with Crippen LogP contribution in [0, 0.1) is 5.21 Å². The van der Waals surface area contributed by atoms with Crippen molar-refractivity contribution in [3.63, 3.8) is 0 Å². The lowest BCUT2D eigenvalue weighted by molar-refractivity contribution is -0.861. The molecule has 2 heteroatoms. The zero-order valence-corrected chi connectivity index (χ0v) is 33.6. The summed E-state index contributed by atoms with van der Waals surface area (Å²) in [5.74, 6) is 0. The fraction of sp³-hybridized carbons (Fsp3) is 1.00. The molecule has 0 aliphatic carbocycles. The molecule has 0 rings (SSSR count). The molecule has 47 heavy (non-hydrogen) atoms. The van der Waals surface area contributed by atoms with Gasteiger partial charge in [0.15, 0.2) is 0 Å². The molecule has 0 amide bonds. The van der Waals surface area contributed by atoms with Gasteiger partial charge in [-0.05, 0) is 25.7 Å². The molecule has 0 spiro atoms. The first-order valence-corrected chi connectivity index (χ1v) is 22.7. The average molecular weight is 664 g/mol. The summed E-state index contributed by atoms with van der Waals surface area (Å²) in [6, 6.07) is 0. The molecule has 0 radical (unpaired) electrons. The largest absolute Gasteiger partial charge is 0.633 e. The second kappa shape index (κ2) is 40.4. The Morgan fingerprint density at radius 3 is 0.511 bits per heavy atom. The molecular formula is C45H93NO. The van der Waals surface area contributed by atoms with Gasteiger partial charge in [0, 0.05) is 0 Å². The fourth-order valence-electron chi connectivity index (χ4n) is 7.51. The number of rotatable bonds is 42. The van der Waals surface area contributed by atoms with Crippen LogP contribution < -0.4 is 0 Å². The Labute approximate surface area is 300 Å². The molecule has 0 heterocycles. The minimum atomic E-state index is -0.00189. The minimum absolute atomic E-state index is 0.00189. The number of hydroxylamine groups is 3. The van der Waals surface area contributed by atoms with E-state index in [1.54, 1.807) is 0 Å². The molecule has 0 fully saturated rings. The summed E-state index contributed by atoms with van der Waals surface area (Å²) in [7, 11) is 1.92. The Kier molecular flexibility index (Phi) is 40.3. The molecule has 0 unspecified atom stereocenters. The summed E-state index contributed by atoms with van der Waals surface area (Å²) in [6.45, 7) is 6.27. The highest BCUT2D eigenvalue weighted by Gasteiger charge is 2.09. The summed E-state index contributed by atoms with van der Waals surface area (Å²) < 4.78 is -0.00189. The Morgan fingerprint density at radius 1 is 0.234 bits per heavy atom. The van der Waals surface area contributed by atoms with E-state index in [1.165, 1.54) is 244 Å². The van der Waals surface area contributed by atoms with Crippen molar-refractivity contribution in [2.24, 2.45) is 0 Å². The zero-order valence-electron chi connectivity index (χ0n) is 33.6. The van der Waals surface area contributed by atoms with Gasteiger partial charge in [0.2, 0.25) is 0 Å². The standard InChI is InChI=1S/C45H93NO/c1-4-6-8-10-12-14-16-18-20-22-24-26-28-30-32-34-36-38-40-42-44-46(3,47)45-43-41-39-37-35-33-31-29-27-25-23-21-19-17-15-13-11-9-7-5-2/h4-45H2,1-3H3. The quantitative estimate of drug-likeness (QED) is 0.0362. The van der Waals surface area contributed by atoms with Crippen molar-refractivity contribution in [1.29, 1.82) is 0 Å². The van der Waals surface area contributed by atoms with E-state index in [9.17, 15) is 5.21 Å². The SMILES string of the molecule is CCCCCCCCCCCCCCCCCCCCCC[N+](C)([O-])CCCCCCCCCCCCCCCCCCCCCC. The molecular weight excluding hydrogens is 571 g/mol. The zero-order chi connectivity index (χ0) is 34.2. The van der Waals surface area contributed by atoms with Crippen molar-refractivity contribution in [2.45, 2.75) is 271 Å². The summed E-state index contributed by atoms with van der Waals surface area (Å²) in [6.07, 6.45) is 56.5. The lowest BCUT2D eigenvalue weighted by Gasteiger charge is -2.39. The van der Waals surface area contributed by atoms with Crippen molar-refractivity contribution in [1.82, 2.24) is 0 Å². The van der Waals surface area contributed by atoms with Crippen LogP contribution >= 0.6 is 0 Å². The Morgan fingerprint density at radius 2 is 0.362 bits per heavy atom. The third-order valence-electron chi connectivity index (χ3n) is 11.0. The maximum Gasteiger partial charge on any atom is 0.0781 e. The van der Waals surface area contributed by atoms with E-state index in [4.69, 9.17) is 0 Å². The highest BCUT2D eigenvalue weighted by Crippen LogP contribution is 2.17. The van der Waals surface area contributed by atoms with Crippen LogP contribution in [-0.2, 0) is 0 Å². The fourth-order valence-corrected chi connectivity index (χ4v) is 7.51. The van der Waals surface area contributed by atoms with Crippen LogP contribution in [0.1, 0.15) is 271 Å². The molecule has 0 aromatic rings. The molecule has 0 aliphatic heterocycles. The van der Waals surface area contributed by atoms with Crippen molar-refractivity contribution in [3.05, 3.63) is 5.21 Å². The van der Waals surface area contributed by atoms with Crippen molar-refractivity contribution in [3.8, 4) is 0 Å². The molecule has 0 saturated heterocycles. The predicted octanol–water partition coefficient (Wildman–Crippen LogP) is 16.6.